The molecule has 0 atom stereocenters. The van der Waals surface area contributed by atoms with Crippen molar-refractivity contribution in [3.05, 3.63) is 257 Å². The van der Waals surface area contributed by atoms with Crippen LogP contribution in [-0.2, 0) is 0 Å². The lowest BCUT2D eigenvalue weighted by molar-refractivity contribution is 0.0993. The lowest BCUT2D eigenvalue weighted by atomic mass is 10.0. The Labute approximate surface area is 470 Å². The summed E-state index contributed by atoms with van der Waals surface area (Å²) >= 11 is 5.87. The molecule has 0 fully saturated rings. The first-order valence-electron chi connectivity index (χ1n) is 25.7. The fourth-order valence-corrected chi connectivity index (χ4v) is 9.73. The lowest BCUT2D eigenvalue weighted by Crippen LogP contribution is -2.10. The molecule has 14 N–H and O–H groups in total. The number of primary amides is 4. The van der Waals surface area contributed by atoms with Gasteiger partial charge in [-0.1, -0.05) is 145 Å². The fraction of sp³-hybridized carbons (Fsp3) is 0.0149. The summed E-state index contributed by atoms with van der Waals surface area (Å²) < 4.78 is 0. The SMILES string of the molecule is Cc1ccc(-c2cc3c(C(N)=O)cccc3[nH]2)cc1.NC(=O)c1cccc2[nH]c(-c3ccc(-c4ccccc4)cc3)cc12.NC(=O)c1cccc2[nH]c(-c3ccc(Cl)cc3)cc12.NC(=O)c1cccc2[nH]c(-c3ccc(N)cc3)cc12. The largest absolute Gasteiger partial charge is 0.399 e. The Kier molecular flexibility index (Phi) is 15.4. The van der Waals surface area contributed by atoms with Crippen molar-refractivity contribution in [3.63, 3.8) is 0 Å². The highest BCUT2D eigenvalue weighted by Gasteiger charge is 2.14. The summed E-state index contributed by atoms with van der Waals surface area (Å²) in [7, 11) is 0. The number of nitrogens with two attached hydrogens (primary N) is 5. The van der Waals surface area contributed by atoms with Gasteiger partial charge >= 0.3 is 0 Å². The molecular formula is C67H54ClN9O4. The number of aryl methyl sites for hydroxylation is 1. The topological polar surface area (TPSA) is 262 Å². The first-order chi connectivity index (χ1) is 39.2. The van der Waals surface area contributed by atoms with Gasteiger partial charge < -0.3 is 48.6 Å². The number of amides is 4. The first-order valence-corrected chi connectivity index (χ1v) is 26.1. The van der Waals surface area contributed by atoms with Crippen molar-refractivity contribution in [2.45, 2.75) is 6.92 Å². The maximum absolute atomic E-state index is 11.6. The summed E-state index contributed by atoms with van der Waals surface area (Å²) in [4.78, 5) is 59.0. The summed E-state index contributed by atoms with van der Waals surface area (Å²) in [6.07, 6.45) is 0. The molecule has 0 saturated carbocycles. The van der Waals surface area contributed by atoms with Gasteiger partial charge in [0.2, 0.25) is 23.6 Å². The highest BCUT2D eigenvalue weighted by Crippen LogP contribution is 2.32. The number of nitrogens with one attached hydrogen (secondary N) is 4. The van der Waals surface area contributed by atoms with Gasteiger partial charge in [0.1, 0.15) is 0 Å². The van der Waals surface area contributed by atoms with E-state index in [0.29, 0.717) is 27.3 Å². The third-order valence-electron chi connectivity index (χ3n) is 13.8. The minimum absolute atomic E-state index is 0.403. The minimum atomic E-state index is -0.424. The monoisotopic (exact) mass is 1080 g/mol. The van der Waals surface area contributed by atoms with E-state index in [1.165, 1.54) is 16.7 Å². The van der Waals surface area contributed by atoms with E-state index >= 15 is 0 Å². The van der Waals surface area contributed by atoms with E-state index in [1.807, 2.05) is 140 Å². The van der Waals surface area contributed by atoms with Crippen LogP contribution in [0.2, 0.25) is 5.02 Å². The number of aromatic nitrogens is 4. The van der Waals surface area contributed by atoms with Gasteiger partial charge in [0.25, 0.3) is 0 Å². The van der Waals surface area contributed by atoms with Gasteiger partial charge in [0.05, 0.1) is 0 Å². The molecule has 13 nitrogen and oxygen atoms in total. The normalized spacial score (nSPS) is 10.8. The van der Waals surface area contributed by atoms with Crippen molar-refractivity contribution >= 4 is 84.5 Å². The van der Waals surface area contributed by atoms with Gasteiger partial charge in [-0.15, -0.1) is 0 Å². The molecule has 4 aromatic heterocycles. The van der Waals surface area contributed by atoms with E-state index in [0.717, 1.165) is 94.3 Å². The molecule has 81 heavy (non-hydrogen) atoms. The third-order valence-corrected chi connectivity index (χ3v) is 14.0. The fourth-order valence-electron chi connectivity index (χ4n) is 9.60. The minimum Gasteiger partial charge on any atom is -0.399 e. The zero-order valence-electron chi connectivity index (χ0n) is 43.8. The first kappa shape index (κ1) is 53.5. The van der Waals surface area contributed by atoms with Crippen LogP contribution >= 0.6 is 11.6 Å². The number of carbonyl (C=O) groups excluding carboxylic acids is 4. The Morgan fingerprint density at radius 2 is 0.593 bits per heavy atom. The van der Waals surface area contributed by atoms with E-state index in [-0.39, 0.29) is 0 Å². The van der Waals surface area contributed by atoms with E-state index < -0.39 is 23.6 Å². The number of aromatic amines is 4. The second-order valence-electron chi connectivity index (χ2n) is 19.2. The summed E-state index contributed by atoms with van der Waals surface area (Å²) in [5.41, 5.74) is 45.4. The van der Waals surface area contributed by atoms with Gasteiger partial charge in [0.15, 0.2) is 0 Å². The van der Waals surface area contributed by atoms with E-state index in [4.69, 9.17) is 40.3 Å². The average Bonchev–Trinajstić information content (AvgIpc) is 4.53. The van der Waals surface area contributed by atoms with E-state index in [1.54, 1.807) is 24.3 Å². The number of nitrogen functional groups attached to an aromatic ring is 1. The number of fused-ring (bicyclic) bond motifs is 4. The van der Waals surface area contributed by atoms with Gasteiger partial charge in [-0.2, -0.15) is 0 Å². The standard InChI is InChI=1S/C21H16N2O.C16H14N2O.C15H11ClN2O.C15H13N3O/c22-21(24)17-7-4-8-19-18(17)13-20(23-19)16-11-9-15(10-12-16)14-5-2-1-3-6-14;1-10-5-7-11(8-6-10)15-9-13-12(16(17)19)3-2-4-14(13)18-15;2*16-10-6-4-9(5-7-10)14-8-12-11(15(17)19)2-1-3-13(12)18-14/h1-13,23H,(H2,22,24);2-9,18H,1H3,(H2,17,19);1-8,18H,(H2,17,19);1-8,18H,16H2,(H2,17,19). The molecule has 0 aliphatic heterocycles. The van der Waals surface area contributed by atoms with Crippen molar-refractivity contribution in [1.82, 2.24) is 19.9 Å². The Bertz CT molecular complexity index is 4110. The van der Waals surface area contributed by atoms with Gasteiger partial charge in [-0.3, -0.25) is 19.2 Å². The molecule has 398 valence electrons. The van der Waals surface area contributed by atoms with Crippen LogP contribution in [-0.4, -0.2) is 43.6 Å². The highest BCUT2D eigenvalue weighted by molar-refractivity contribution is 6.30. The molecule has 0 bridgehead atoms. The predicted octanol–water partition coefficient (Wildman–Crippen LogP) is 13.9. The third kappa shape index (κ3) is 12.0. The van der Waals surface area contributed by atoms with Crippen molar-refractivity contribution in [2.75, 3.05) is 5.73 Å². The Morgan fingerprint density at radius 1 is 0.321 bits per heavy atom. The number of anilines is 1. The van der Waals surface area contributed by atoms with E-state index in [2.05, 4.69) is 87.5 Å². The van der Waals surface area contributed by atoms with Crippen LogP contribution in [0.25, 0.3) is 99.8 Å². The molecule has 0 spiro atoms. The summed E-state index contributed by atoms with van der Waals surface area (Å²) in [5.74, 6) is -1.66. The number of hydrogen-bond acceptors (Lipinski definition) is 5. The smallest absolute Gasteiger partial charge is 0.249 e. The van der Waals surface area contributed by atoms with Gasteiger partial charge in [-0.25, -0.2) is 0 Å². The molecule has 0 radical (unpaired) electrons. The van der Waals surface area contributed by atoms with Crippen molar-refractivity contribution < 1.29 is 19.2 Å². The second kappa shape index (κ2) is 23.4. The highest BCUT2D eigenvalue weighted by atomic mass is 35.5. The van der Waals surface area contributed by atoms with Crippen LogP contribution in [0.5, 0.6) is 0 Å². The van der Waals surface area contributed by atoms with Crippen LogP contribution in [0.4, 0.5) is 5.69 Å². The van der Waals surface area contributed by atoms with Crippen molar-refractivity contribution in [2.24, 2.45) is 22.9 Å². The zero-order chi connectivity index (χ0) is 56.7. The Hall–Kier alpha value is -10.9. The van der Waals surface area contributed by atoms with Crippen molar-refractivity contribution in [1.29, 1.82) is 0 Å². The second-order valence-corrected chi connectivity index (χ2v) is 19.6. The molecule has 13 rings (SSSR count). The van der Waals surface area contributed by atoms with Crippen LogP contribution in [0.1, 0.15) is 47.0 Å². The number of H-pyrrole nitrogens is 4. The molecule has 0 aliphatic carbocycles. The van der Waals surface area contributed by atoms with Crippen LogP contribution < -0.4 is 28.7 Å². The Balaban J connectivity index is 0.000000122. The maximum Gasteiger partial charge on any atom is 0.249 e. The molecule has 9 aromatic carbocycles. The average molecular weight is 1080 g/mol. The number of carbonyl (C=O) groups is 4. The zero-order valence-corrected chi connectivity index (χ0v) is 44.5. The van der Waals surface area contributed by atoms with Gasteiger partial charge in [0, 0.05) is 99.4 Å². The maximum atomic E-state index is 11.6. The summed E-state index contributed by atoms with van der Waals surface area (Å²) in [6.45, 7) is 2.06. The number of rotatable bonds is 9. The van der Waals surface area contributed by atoms with Crippen LogP contribution in [0.3, 0.4) is 0 Å². The van der Waals surface area contributed by atoms with Crippen molar-refractivity contribution in [3.8, 4) is 56.2 Å². The predicted molar refractivity (Wildman–Crippen MR) is 329 cm³/mol. The van der Waals surface area contributed by atoms with E-state index in [9.17, 15) is 19.2 Å². The molecule has 0 unspecified atom stereocenters. The molecule has 0 aliphatic rings. The molecular weight excluding hydrogens is 1030 g/mol. The van der Waals surface area contributed by atoms with Crippen LogP contribution in [0.15, 0.2) is 224 Å². The summed E-state index contributed by atoms with van der Waals surface area (Å²) in [5, 5.41) is 4.08. The molecule has 14 heteroatoms. The summed E-state index contributed by atoms with van der Waals surface area (Å²) in [6, 6.07) is 71.7. The number of hydrogen-bond donors (Lipinski definition) is 9. The Morgan fingerprint density at radius 3 is 0.914 bits per heavy atom. The molecule has 13 aromatic rings. The number of benzene rings is 9. The lowest BCUT2D eigenvalue weighted by Gasteiger charge is -2.03. The molecule has 4 amide bonds. The van der Waals surface area contributed by atoms with Gasteiger partial charge in [-0.05, 0) is 137 Å². The molecule has 4 heterocycles. The molecule has 0 saturated heterocycles. The van der Waals surface area contributed by atoms with Crippen LogP contribution in [0, 0.1) is 6.92 Å². The quantitative estimate of drug-likeness (QED) is 0.0637. The number of halogens is 1.